The van der Waals surface area contributed by atoms with E-state index < -0.39 is 0 Å². The quantitative estimate of drug-likeness (QED) is 0.118. The van der Waals surface area contributed by atoms with Crippen LogP contribution in [0.15, 0.2) is 0 Å². The third kappa shape index (κ3) is 8.79. The number of carbonyl (C=O) groups is 1. The maximum atomic E-state index is 12.4. The van der Waals surface area contributed by atoms with Crippen LogP contribution in [0.2, 0.25) is 0 Å². The van der Waals surface area contributed by atoms with E-state index in [2.05, 4.69) is 42.0 Å². The maximum Gasteiger partial charge on any atom is 0.220 e. The Kier molecular flexibility index (Phi) is 13.9. The van der Waals surface area contributed by atoms with Crippen molar-refractivity contribution in [2.24, 2.45) is 52.1 Å². The topological polar surface area (TPSA) is 111 Å². The lowest BCUT2D eigenvalue weighted by molar-refractivity contribution is -0.167. The summed E-state index contributed by atoms with van der Waals surface area (Å²) in [5.41, 5.74) is 6.23. The first-order chi connectivity index (χ1) is 21.1. The zero-order chi connectivity index (χ0) is 31.7. The Labute approximate surface area is 270 Å². The molecule has 4 saturated carbocycles. The number of nitrogens with two attached hydrogens (primary N) is 1. The van der Waals surface area contributed by atoms with Crippen LogP contribution in [0, 0.1) is 46.3 Å². The lowest BCUT2D eigenvalue weighted by Crippen LogP contribution is -2.59. The summed E-state index contributed by atoms with van der Waals surface area (Å²) in [5.74, 6) is 3.86. The van der Waals surface area contributed by atoms with Gasteiger partial charge in [-0.2, -0.15) is 0 Å². The van der Waals surface area contributed by atoms with Crippen molar-refractivity contribution in [3.8, 4) is 0 Å². The minimum absolute atomic E-state index is 0.146. The Morgan fingerprint density at radius 1 is 0.841 bits per heavy atom. The number of unbranched alkanes of at least 4 members (excludes halogenated alkanes) is 1. The number of aliphatic hydroxyl groups is 1. The molecule has 7 heteroatoms. The van der Waals surface area contributed by atoms with E-state index in [0.717, 1.165) is 58.5 Å². The molecule has 44 heavy (non-hydrogen) atoms. The molecule has 0 bridgehead atoms. The molecule has 4 fully saturated rings. The van der Waals surface area contributed by atoms with Gasteiger partial charge in [-0.25, -0.2) is 0 Å². The Bertz CT molecular complexity index is 871. The molecule has 0 radical (unpaired) electrons. The predicted molar refractivity (Wildman–Crippen MR) is 183 cm³/mol. The second kappa shape index (κ2) is 16.9. The number of amides is 1. The number of rotatable bonds is 18. The van der Waals surface area contributed by atoms with E-state index in [1.165, 1.54) is 64.2 Å². The smallest absolute Gasteiger partial charge is 0.220 e. The average Bonchev–Trinajstić information content (AvgIpc) is 3.34. The molecule has 0 heterocycles. The van der Waals surface area contributed by atoms with Crippen molar-refractivity contribution in [3.63, 3.8) is 0 Å². The van der Waals surface area contributed by atoms with Gasteiger partial charge in [-0.3, -0.25) is 4.79 Å². The molecule has 4 aliphatic rings. The average molecular weight is 618 g/mol. The fourth-order valence-corrected chi connectivity index (χ4v) is 10.8. The lowest BCUT2D eigenvalue weighted by atomic mass is 9.43. The van der Waals surface area contributed by atoms with E-state index in [1.54, 1.807) is 0 Å². The standard InChI is InChI=1S/C37H71N5O2/c1-26(2)42-34(44)13-10-27(3)30-11-12-31-35-32(15-17-37(30,31)5)36(4)16-14-29(24-28(36)25-33(35)43)41-23-9-22-40-20-7-6-19-39-21-8-18-38/h26-33,35,39-41,43H,6-25,38H2,1-5H3,(H,42,44)/t27-,28?,29+,30-,31?,32?,33-,35?,36+,37-/m1/s1. The summed E-state index contributed by atoms with van der Waals surface area (Å²) in [6, 6.07) is 0.822. The molecule has 4 aliphatic carbocycles. The summed E-state index contributed by atoms with van der Waals surface area (Å²) in [4.78, 5) is 12.4. The van der Waals surface area contributed by atoms with Crippen molar-refractivity contribution in [1.29, 1.82) is 0 Å². The van der Waals surface area contributed by atoms with Crippen LogP contribution in [0.4, 0.5) is 0 Å². The molecule has 4 rings (SSSR count). The number of hydrogen-bond donors (Lipinski definition) is 6. The lowest BCUT2D eigenvalue weighted by Gasteiger charge is -2.62. The number of hydrogen-bond acceptors (Lipinski definition) is 6. The van der Waals surface area contributed by atoms with Gasteiger partial charge in [-0.1, -0.05) is 20.8 Å². The highest BCUT2D eigenvalue weighted by Gasteiger charge is 2.62. The van der Waals surface area contributed by atoms with Crippen LogP contribution in [-0.2, 0) is 4.79 Å². The van der Waals surface area contributed by atoms with E-state index in [0.29, 0.717) is 58.8 Å². The van der Waals surface area contributed by atoms with Crippen LogP contribution in [0.1, 0.15) is 125 Å². The highest BCUT2D eigenvalue weighted by molar-refractivity contribution is 5.76. The van der Waals surface area contributed by atoms with Gasteiger partial charge in [0.2, 0.25) is 5.91 Å². The minimum atomic E-state index is -0.146. The SMILES string of the molecule is CC(C)NC(=O)CC[C@@H](C)[C@H]1CCC2C3C(CC[C@@]21C)[C@@]1(C)CC[C@H](NCCCNCCCCNCCCN)CC1C[C@H]3O. The molecule has 10 atom stereocenters. The highest BCUT2D eigenvalue weighted by Crippen LogP contribution is 2.68. The summed E-state index contributed by atoms with van der Waals surface area (Å²) >= 11 is 0. The molecular formula is C37H71N5O2. The summed E-state index contributed by atoms with van der Waals surface area (Å²) in [6.07, 6.45) is 16.2. The molecule has 7 nitrogen and oxygen atoms in total. The molecule has 256 valence electrons. The maximum absolute atomic E-state index is 12.4. The second-order valence-corrected chi connectivity index (χ2v) is 16.4. The molecule has 0 saturated heterocycles. The van der Waals surface area contributed by atoms with E-state index in [4.69, 9.17) is 5.73 Å². The molecule has 0 spiro atoms. The van der Waals surface area contributed by atoms with Crippen LogP contribution >= 0.6 is 0 Å². The van der Waals surface area contributed by atoms with E-state index >= 15 is 0 Å². The predicted octanol–water partition coefficient (Wildman–Crippen LogP) is 5.21. The van der Waals surface area contributed by atoms with E-state index in [1.807, 2.05) is 13.8 Å². The van der Waals surface area contributed by atoms with Gasteiger partial charge in [-0.05, 0) is 183 Å². The molecule has 7 N–H and O–H groups in total. The fraction of sp³-hybridized carbons (Fsp3) is 0.973. The number of carbonyl (C=O) groups excluding carboxylic acids is 1. The number of aliphatic hydroxyl groups excluding tert-OH is 1. The first-order valence-electron chi connectivity index (χ1n) is 18.9. The van der Waals surface area contributed by atoms with Crippen LogP contribution in [-0.4, -0.2) is 68.5 Å². The monoisotopic (exact) mass is 618 g/mol. The van der Waals surface area contributed by atoms with Gasteiger partial charge >= 0.3 is 0 Å². The van der Waals surface area contributed by atoms with Crippen LogP contribution in [0.3, 0.4) is 0 Å². The third-order valence-electron chi connectivity index (χ3n) is 13.2. The summed E-state index contributed by atoms with van der Waals surface area (Å²) in [7, 11) is 0. The molecule has 1 amide bonds. The number of fused-ring (bicyclic) bond motifs is 5. The first kappa shape index (κ1) is 36.1. The van der Waals surface area contributed by atoms with Crippen LogP contribution < -0.4 is 27.0 Å². The van der Waals surface area contributed by atoms with E-state index in [9.17, 15) is 9.90 Å². The van der Waals surface area contributed by atoms with Crippen molar-refractivity contribution in [1.82, 2.24) is 21.3 Å². The zero-order valence-corrected chi connectivity index (χ0v) is 29.3. The normalized spacial score (nSPS) is 37.3. The Morgan fingerprint density at radius 2 is 1.50 bits per heavy atom. The summed E-state index contributed by atoms with van der Waals surface area (Å²) in [6.45, 7) is 17.9. The highest BCUT2D eigenvalue weighted by atomic mass is 16.3. The van der Waals surface area contributed by atoms with Crippen molar-refractivity contribution in [2.75, 3.05) is 39.3 Å². The van der Waals surface area contributed by atoms with Crippen LogP contribution in [0.5, 0.6) is 0 Å². The fourth-order valence-electron chi connectivity index (χ4n) is 10.8. The zero-order valence-electron chi connectivity index (χ0n) is 29.3. The molecule has 4 unspecified atom stereocenters. The number of nitrogens with one attached hydrogen (secondary N) is 4. The molecule has 0 aromatic carbocycles. The van der Waals surface area contributed by atoms with Gasteiger partial charge in [0, 0.05) is 18.5 Å². The van der Waals surface area contributed by atoms with Gasteiger partial charge in [0.05, 0.1) is 6.10 Å². The van der Waals surface area contributed by atoms with Gasteiger partial charge < -0.3 is 32.1 Å². The van der Waals surface area contributed by atoms with Crippen molar-refractivity contribution < 1.29 is 9.90 Å². The first-order valence-corrected chi connectivity index (χ1v) is 18.9. The van der Waals surface area contributed by atoms with E-state index in [-0.39, 0.29) is 18.1 Å². The van der Waals surface area contributed by atoms with Gasteiger partial charge in [0.25, 0.3) is 0 Å². The minimum Gasteiger partial charge on any atom is -0.393 e. The largest absolute Gasteiger partial charge is 0.393 e. The van der Waals surface area contributed by atoms with Crippen molar-refractivity contribution in [3.05, 3.63) is 0 Å². The second-order valence-electron chi connectivity index (χ2n) is 16.4. The Morgan fingerprint density at radius 3 is 2.20 bits per heavy atom. The third-order valence-corrected chi connectivity index (χ3v) is 13.2. The molecule has 0 aromatic rings. The van der Waals surface area contributed by atoms with Crippen LogP contribution in [0.25, 0.3) is 0 Å². The molecule has 0 aliphatic heterocycles. The van der Waals surface area contributed by atoms with Gasteiger partial charge in [0.1, 0.15) is 0 Å². The Hall–Kier alpha value is -0.730. The van der Waals surface area contributed by atoms with Gasteiger partial charge in [-0.15, -0.1) is 0 Å². The summed E-state index contributed by atoms with van der Waals surface area (Å²) < 4.78 is 0. The summed E-state index contributed by atoms with van der Waals surface area (Å²) in [5, 5.41) is 25.9. The molecule has 0 aromatic heterocycles. The Balaban J connectivity index is 1.20. The van der Waals surface area contributed by atoms with Gasteiger partial charge in [0.15, 0.2) is 0 Å². The van der Waals surface area contributed by atoms with Crippen molar-refractivity contribution >= 4 is 5.91 Å². The molecular weight excluding hydrogens is 546 g/mol. The van der Waals surface area contributed by atoms with Crippen molar-refractivity contribution in [2.45, 2.75) is 143 Å².